The SMILES string of the molecule is Cc1nc2c(Cl)cccc2n1-c1cccc(OC2C=C(S(C)(=O)=O)C=CC2)c1. The molecule has 1 heterocycles. The smallest absolute Gasteiger partial charge is 0.175 e. The van der Waals surface area contributed by atoms with Crippen molar-refractivity contribution in [3.05, 3.63) is 76.4 Å². The molecule has 4 rings (SSSR count). The third-order valence-corrected chi connectivity index (χ3v) is 6.03. The molecule has 0 saturated carbocycles. The van der Waals surface area contributed by atoms with Crippen molar-refractivity contribution in [2.24, 2.45) is 0 Å². The van der Waals surface area contributed by atoms with Gasteiger partial charge in [-0.05, 0) is 43.3 Å². The number of fused-ring (bicyclic) bond motifs is 1. The molecule has 0 spiro atoms. The number of hydrogen-bond donors (Lipinski definition) is 0. The normalized spacial score (nSPS) is 17.0. The molecule has 7 heteroatoms. The van der Waals surface area contributed by atoms with Gasteiger partial charge in [0.25, 0.3) is 0 Å². The second-order valence-corrected chi connectivity index (χ2v) is 9.16. The van der Waals surface area contributed by atoms with Crippen LogP contribution in [0.2, 0.25) is 5.02 Å². The number of hydrogen-bond acceptors (Lipinski definition) is 4. The van der Waals surface area contributed by atoms with Gasteiger partial charge >= 0.3 is 0 Å². The minimum atomic E-state index is -3.26. The van der Waals surface area contributed by atoms with E-state index in [2.05, 4.69) is 4.98 Å². The molecule has 0 aliphatic heterocycles. The second-order valence-electron chi connectivity index (χ2n) is 6.73. The van der Waals surface area contributed by atoms with E-state index in [4.69, 9.17) is 16.3 Å². The first kappa shape index (κ1) is 18.8. The maximum absolute atomic E-state index is 11.8. The van der Waals surface area contributed by atoms with E-state index >= 15 is 0 Å². The fourth-order valence-electron chi connectivity index (χ4n) is 3.33. The molecule has 0 amide bonds. The van der Waals surface area contributed by atoms with Crippen molar-refractivity contribution in [1.82, 2.24) is 9.55 Å². The first-order valence-electron chi connectivity index (χ1n) is 8.82. The summed E-state index contributed by atoms with van der Waals surface area (Å²) >= 11 is 6.28. The van der Waals surface area contributed by atoms with Crippen LogP contribution in [0.25, 0.3) is 16.7 Å². The van der Waals surface area contributed by atoms with Gasteiger partial charge in [-0.2, -0.15) is 0 Å². The maximum Gasteiger partial charge on any atom is 0.175 e. The molecule has 0 fully saturated rings. The molecule has 0 radical (unpaired) electrons. The quantitative estimate of drug-likeness (QED) is 0.624. The Labute approximate surface area is 168 Å². The van der Waals surface area contributed by atoms with Gasteiger partial charge in [0.15, 0.2) is 9.84 Å². The number of para-hydroxylation sites is 1. The fraction of sp³-hybridized carbons (Fsp3) is 0.190. The lowest BCUT2D eigenvalue weighted by Crippen LogP contribution is -2.17. The van der Waals surface area contributed by atoms with Gasteiger partial charge in [-0.25, -0.2) is 13.4 Å². The van der Waals surface area contributed by atoms with Crippen molar-refractivity contribution in [1.29, 1.82) is 0 Å². The van der Waals surface area contributed by atoms with Crippen LogP contribution in [0, 0.1) is 6.92 Å². The zero-order valence-electron chi connectivity index (χ0n) is 15.5. The Hall–Kier alpha value is -2.57. The summed E-state index contributed by atoms with van der Waals surface area (Å²) in [4.78, 5) is 4.86. The Bertz CT molecular complexity index is 1230. The molecular formula is C21H19ClN2O3S. The molecule has 1 unspecified atom stereocenters. The molecule has 3 aromatic rings. The fourth-order valence-corrected chi connectivity index (χ4v) is 4.29. The summed E-state index contributed by atoms with van der Waals surface area (Å²) in [6, 6.07) is 13.3. The van der Waals surface area contributed by atoms with Crippen molar-refractivity contribution < 1.29 is 13.2 Å². The molecule has 0 N–H and O–H groups in total. The number of nitrogens with zero attached hydrogens (tertiary/aromatic N) is 2. The summed E-state index contributed by atoms with van der Waals surface area (Å²) < 4.78 is 31.6. The van der Waals surface area contributed by atoms with E-state index in [0.29, 0.717) is 17.2 Å². The van der Waals surface area contributed by atoms with Crippen molar-refractivity contribution in [3.63, 3.8) is 0 Å². The minimum Gasteiger partial charge on any atom is -0.486 e. The predicted molar refractivity (Wildman–Crippen MR) is 112 cm³/mol. The number of imidazole rings is 1. The monoisotopic (exact) mass is 414 g/mol. The molecular weight excluding hydrogens is 396 g/mol. The zero-order valence-corrected chi connectivity index (χ0v) is 17.0. The Morgan fingerprint density at radius 3 is 2.79 bits per heavy atom. The van der Waals surface area contributed by atoms with Crippen LogP contribution in [0.5, 0.6) is 5.75 Å². The summed E-state index contributed by atoms with van der Waals surface area (Å²) in [6.45, 7) is 1.93. The van der Waals surface area contributed by atoms with Crippen LogP contribution in [-0.4, -0.2) is 30.3 Å². The van der Waals surface area contributed by atoms with Gasteiger partial charge in [0.2, 0.25) is 0 Å². The molecule has 28 heavy (non-hydrogen) atoms. The van der Waals surface area contributed by atoms with Crippen LogP contribution in [0.15, 0.2) is 65.6 Å². The first-order chi connectivity index (χ1) is 13.3. The number of aromatic nitrogens is 2. The Balaban J connectivity index is 1.69. The molecule has 2 aromatic carbocycles. The second kappa shape index (κ2) is 7.11. The molecule has 1 aromatic heterocycles. The summed E-state index contributed by atoms with van der Waals surface area (Å²) in [5, 5.41) is 0.610. The lowest BCUT2D eigenvalue weighted by atomic mass is 10.1. The van der Waals surface area contributed by atoms with E-state index in [1.807, 2.05) is 60.0 Å². The summed E-state index contributed by atoms with van der Waals surface area (Å²) in [5.74, 6) is 1.48. The van der Waals surface area contributed by atoms with E-state index in [-0.39, 0.29) is 11.0 Å². The van der Waals surface area contributed by atoms with E-state index in [1.54, 1.807) is 12.2 Å². The molecule has 1 aliphatic rings. The number of aryl methyl sites for hydroxylation is 1. The van der Waals surface area contributed by atoms with Gasteiger partial charge in [0.05, 0.1) is 21.1 Å². The number of sulfone groups is 1. The summed E-state index contributed by atoms with van der Waals surface area (Å²) in [6.07, 6.45) is 6.58. The van der Waals surface area contributed by atoms with E-state index in [9.17, 15) is 8.42 Å². The van der Waals surface area contributed by atoms with Crippen LogP contribution in [0.4, 0.5) is 0 Å². The van der Waals surface area contributed by atoms with Crippen molar-refractivity contribution in [2.75, 3.05) is 6.26 Å². The van der Waals surface area contributed by atoms with E-state index in [1.165, 1.54) is 6.26 Å². The molecule has 144 valence electrons. The lowest BCUT2D eigenvalue weighted by molar-refractivity contribution is 0.251. The van der Waals surface area contributed by atoms with Crippen LogP contribution in [0.1, 0.15) is 12.2 Å². The molecule has 0 saturated heterocycles. The Morgan fingerprint density at radius 2 is 2.00 bits per heavy atom. The highest BCUT2D eigenvalue weighted by atomic mass is 35.5. The molecule has 1 aliphatic carbocycles. The highest BCUT2D eigenvalue weighted by Crippen LogP contribution is 2.29. The highest BCUT2D eigenvalue weighted by molar-refractivity contribution is 7.94. The van der Waals surface area contributed by atoms with Gasteiger partial charge in [-0.1, -0.05) is 29.8 Å². The summed E-state index contributed by atoms with van der Waals surface area (Å²) in [5.41, 5.74) is 2.58. The first-order valence-corrected chi connectivity index (χ1v) is 11.1. The average Bonchev–Trinajstić information content (AvgIpc) is 2.99. The Morgan fingerprint density at radius 1 is 1.21 bits per heavy atom. The third kappa shape index (κ3) is 3.57. The number of ether oxygens (including phenoxy) is 1. The predicted octanol–water partition coefficient (Wildman–Crippen LogP) is 4.62. The molecule has 0 bridgehead atoms. The van der Waals surface area contributed by atoms with Crippen molar-refractivity contribution >= 4 is 32.5 Å². The molecule has 1 atom stereocenters. The average molecular weight is 415 g/mol. The van der Waals surface area contributed by atoms with Crippen LogP contribution in [0.3, 0.4) is 0 Å². The number of halogens is 1. The van der Waals surface area contributed by atoms with Crippen molar-refractivity contribution in [3.8, 4) is 11.4 Å². The minimum absolute atomic E-state index is 0.283. The number of benzene rings is 2. The Kier molecular flexibility index (Phi) is 4.77. The zero-order chi connectivity index (χ0) is 19.9. The number of allylic oxidation sites excluding steroid dienone is 1. The van der Waals surface area contributed by atoms with Crippen molar-refractivity contribution in [2.45, 2.75) is 19.4 Å². The maximum atomic E-state index is 11.8. The topological polar surface area (TPSA) is 61.2 Å². The molecule has 5 nitrogen and oxygen atoms in total. The van der Waals surface area contributed by atoms with Gasteiger partial charge < -0.3 is 4.74 Å². The van der Waals surface area contributed by atoms with Gasteiger partial charge in [-0.3, -0.25) is 4.57 Å². The van der Waals surface area contributed by atoms with E-state index in [0.717, 1.165) is 22.5 Å². The van der Waals surface area contributed by atoms with Crippen LogP contribution >= 0.6 is 11.6 Å². The third-order valence-electron chi connectivity index (χ3n) is 4.60. The summed E-state index contributed by atoms with van der Waals surface area (Å²) in [7, 11) is -3.26. The van der Waals surface area contributed by atoms with E-state index < -0.39 is 9.84 Å². The lowest BCUT2D eigenvalue weighted by Gasteiger charge is -2.19. The highest BCUT2D eigenvalue weighted by Gasteiger charge is 2.18. The van der Waals surface area contributed by atoms with Gasteiger partial charge in [0.1, 0.15) is 23.2 Å². The van der Waals surface area contributed by atoms with Crippen LogP contribution < -0.4 is 4.74 Å². The van der Waals surface area contributed by atoms with Crippen LogP contribution in [-0.2, 0) is 9.84 Å². The number of rotatable bonds is 4. The van der Waals surface area contributed by atoms with Gasteiger partial charge in [-0.15, -0.1) is 0 Å². The van der Waals surface area contributed by atoms with Gasteiger partial charge in [0, 0.05) is 18.7 Å². The largest absolute Gasteiger partial charge is 0.486 e. The standard InChI is InChI=1S/C21H19ClN2O3S/c1-14-23-21-19(22)10-5-11-20(21)24(14)15-6-3-7-16(12-15)27-17-8-4-9-18(13-17)28(2,25)26/h3-7,9-13,17H,8H2,1-2H3.